The summed E-state index contributed by atoms with van der Waals surface area (Å²) in [7, 11) is -2.18. The van der Waals surface area contributed by atoms with Crippen LogP contribution in [0.1, 0.15) is 5.56 Å². The molecule has 0 heterocycles. The lowest BCUT2D eigenvalue weighted by Gasteiger charge is -2.11. The highest BCUT2D eigenvalue weighted by atomic mass is 79.9. The third-order valence-electron chi connectivity index (χ3n) is 2.93. The van der Waals surface area contributed by atoms with Gasteiger partial charge in [-0.3, -0.25) is 4.72 Å². The number of methoxy groups -OCH3 is 1. The Morgan fingerprint density at radius 2 is 1.90 bits per heavy atom. The molecule has 0 saturated heterocycles. The van der Waals surface area contributed by atoms with E-state index in [4.69, 9.17) is 10.5 Å². The van der Waals surface area contributed by atoms with Crippen LogP contribution in [0.4, 0.5) is 11.4 Å². The molecule has 0 saturated carbocycles. The molecule has 0 radical (unpaired) electrons. The molecule has 0 atom stereocenters. The van der Waals surface area contributed by atoms with Gasteiger partial charge in [0.05, 0.1) is 23.4 Å². The van der Waals surface area contributed by atoms with E-state index in [2.05, 4.69) is 20.7 Å². The van der Waals surface area contributed by atoms with E-state index in [1.807, 2.05) is 6.92 Å². The van der Waals surface area contributed by atoms with Crippen LogP contribution < -0.4 is 15.2 Å². The van der Waals surface area contributed by atoms with Crippen molar-refractivity contribution in [2.75, 3.05) is 17.6 Å². The zero-order valence-electron chi connectivity index (χ0n) is 11.6. The van der Waals surface area contributed by atoms with Gasteiger partial charge in [0.15, 0.2) is 0 Å². The maximum absolute atomic E-state index is 12.4. The molecule has 2 aromatic rings. The van der Waals surface area contributed by atoms with Gasteiger partial charge in [0.1, 0.15) is 5.75 Å². The Bertz CT molecular complexity index is 776. The molecule has 0 amide bonds. The molecular weight excluding hydrogens is 356 g/mol. The Balaban J connectivity index is 2.35. The van der Waals surface area contributed by atoms with Gasteiger partial charge in [0, 0.05) is 10.5 Å². The fourth-order valence-electron chi connectivity index (χ4n) is 1.77. The van der Waals surface area contributed by atoms with Crippen LogP contribution in [0.3, 0.4) is 0 Å². The Morgan fingerprint density at radius 1 is 1.19 bits per heavy atom. The molecule has 7 heteroatoms. The average molecular weight is 371 g/mol. The van der Waals surface area contributed by atoms with E-state index in [0.29, 0.717) is 17.1 Å². The fourth-order valence-corrected chi connectivity index (χ4v) is 3.15. The van der Waals surface area contributed by atoms with Crippen LogP contribution in [0.25, 0.3) is 0 Å². The van der Waals surface area contributed by atoms with Gasteiger partial charge in [-0.05, 0) is 42.8 Å². The smallest absolute Gasteiger partial charge is 0.261 e. The summed E-state index contributed by atoms with van der Waals surface area (Å²) in [5, 5.41) is 0. The molecular formula is C14H15BrN2O3S. The second-order valence-corrected chi connectivity index (χ2v) is 7.01. The molecule has 5 nitrogen and oxygen atoms in total. The number of hydrogen-bond acceptors (Lipinski definition) is 4. The molecule has 0 aliphatic heterocycles. The summed E-state index contributed by atoms with van der Waals surface area (Å²) in [5.74, 6) is 0.419. The second kappa shape index (κ2) is 5.95. The van der Waals surface area contributed by atoms with E-state index in [0.717, 1.165) is 10.0 Å². The summed E-state index contributed by atoms with van der Waals surface area (Å²) in [4.78, 5) is 0.194. The highest BCUT2D eigenvalue weighted by Crippen LogP contribution is 2.27. The summed E-state index contributed by atoms with van der Waals surface area (Å²) in [6.07, 6.45) is 0. The van der Waals surface area contributed by atoms with Crippen molar-refractivity contribution in [2.45, 2.75) is 11.8 Å². The van der Waals surface area contributed by atoms with E-state index in [9.17, 15) is 8.42 Å². The lowest BCUT2D eigenvalue weighted by atomic mass is 10.2. The molecule has 0 aliphatic carbocycles. The van der Waals surface area contributed by atoms with Gasteiger partial charge < -0.3 is 10.5 Å². The molecule has 0 spiro atoms. The van der Waals surface area contributed by atoms with Gasteiger partial charge in [-0.15, -0.1) is 0 Å². The standard InChI is InChI=1S/C14H15BrN2O3S/c1-9-7-11(4-5-12(9)15)21(18,19)17-10-3-6-13(16)14(8-10)20-2/h3-8,17H,16H2,1-2H3. The lowest BCUT2D eigenvalue weighted by molar-refractivity contribution is 0.417. The van der Waals surface area contributed by atoms with Crippen molar-refractivity contribution >= 4 is 37.3 Å². The van der Waals surface area contributed by atoms with Crippen LogP contribution in [-0.4, -0.2) is 15.5 Å². The molecule has 2 aromatic carbocycles. The van der Waals surface area contributed by atoms with E-state index in [-0.39, 0.29) is 4.90 Å². The van der Waals surface area contributed by atoms with Gasteiger partial charge in [0.2, 0.25) is 0 Å². The van der Waals surface area contributed by atoms with Crippen molar-refractivity contribution in [1.82, 2.24) is 0 Å². The first-order chi connectivity index (χ1) is 9.83. The Morgan fingerprint density at radius 3 is 2.52 bits per heavy atom. The summed E-state index contributed by atoms with van der Waals surface area (Å²) in [6.45, 7) is 1.83. The summed E-state index contributed by atoms with van der Waals surface area (Å²) in [5.41, 5.74) is 7.38. The predicted molar refractivity (Wildman–Crippen MR) is 87.1 cm³/mol. The number of hydrogen-bond donors (Lipinski definition) is 2. The highest BCUT2D eigenvalue weighted by molar-refractivity contribution is 9.10. The van der Waals surface area contributed by atoms with Crippen molar-refractivity contribution in [3.63, 3.8) is 0 Å². The SMILES string of the molecule is COc1cc(NS(=O)(=O)c2ccc(Br)c(C)c2)ccc1N. The fraction of sp³-hybridized carbons (Fsp3) is 0.143. The molecule has 0 fully saturated rings. The zero-order valence-corrected chi connectivity index (χ0v) is 14.0. The maximum atomic E-state index is 12.4. The Labute approximate surface area is 132 Å². The number of sulfonamides is 1. The van der Waals surface area contributed by atoms with Crippen molar-refractivity contribution in [3.8, 4) is 5.75 Å². The summed E-state index contributed by atoms with van der Waals surface area (Å²) >= 11 is 3.34. The first-order valence-electron chi connectivity index (χ1n) is 6.06. The van der Waals surface area contributed by atoms with Crippen LogP contribution >= 0.6 is 15.9 Å². The molecule has 0 aliphatic rings. The topological polar surface area (TPSA) is 81.4 Å². The van der Waals surface area contributed by atoms with Crippen molar-refractivity contribution < 1.29 is 13.2 Å². The monoisotopic (exact) mass is 370 g/mol. The van der Waals surface area contributed by atoms with Gasteiger partial charge in [-0.1, -0.05) is 15.9 Å². The minimum atomic E-state index is -3.66. The second-order valence-electron chi connectivity index (χ2n) is 4.47. The van der Waals surface area contributed by atoms with Crippen LogP contribution in [0.5, 0.6) is 5.75 Å². The number of nitrogens with two attached hydrogens (primary N) is 1. The van der Waals surface area contributed by atoms with E-state index in [1.165, 1.54) is 13.2 Å². The first-order valence-corrected chi connectivity index (χ1v) is 8.33. The van der Waals surface area contributed by atoms with Crippen molar-refractivity contribution in [2.24, 2.45) is 0 Å². The number of halogens is 1. The molecule has 112 valence electrons. The number of anilines is 2. The van der Waals surface area contributed by atoms with Gasteiger partial charge >= 0.3 is 0 Å². The highest BCUT2D eigenvalue weighted by Gasteiger charge is 2.15. The minimum Gasteiger partial charge on any atom is -0.495 e. The van der Waals surface area contributed by atoms with Crippen LogP contribution in [-0.2, 0) is 10.0 Å². The molecule has 0 unspecified atom stereocenters. The van der Waals surface area contributed by atoms with Crippen molar-refractivity contribution in [1.29, 1.82) is 0 Å². The molecule has 3 N–H and O–H groups in total. The predicted octanol–water partition coefficient (Wildman–Crippen LogP) is 3.15. The number of nitrogen functional groups attached to an aromatic ring is 1. The van der Waals surface area contributed by atoms with Gasteiger partial charge in [-0.25, -0.2) is 8.42 Å². The van der Waals surface area contributed by atoms with Gasteiger partial charge in [0.25, 0.3) is 10.0 Å². The Kier molecular flexibility index (Phi) is 4.43. The largest absolute Gasteiger partial charge is 0.495 e. The van der Waals surface area contributed by atoms with Gasteiger partial charge in [-0.2, -0.15) is 0 Å². The summed E-state index contributed by atoms with van der Waals surface area (Å²) in [6, 6.07) is 9.55. The van der Waals surface area contributed by atoms with E-state index >= 15 is 0 Å². The lowest BCUT2D eigenvalue weighted by Crippen LogP contribution is -2.13. The van der Waals surface area contributed by atoms with E-state index in [1.54, 1.807) is 30.3 Å². The van der Waals surface area contributed by atoms with Crippen LogP contribution in [0.2, 0.25) is 0 Å². The summed E-state index contributed by atoms with van der Waals surface area (Å²) < 4.78 is 33.1. The number of aryl methyl sites for hydroxylation is 1. The quantitative estimate of drug-likeness (QED) is 0.809. The molecule has 0 bridgehead atoms. The number of benzene rings is 2. The molecule has 0 aromatic heterocycles. The maximum Gasteiger partial charge on any atom is 0.261 e. The first kappa shape index (κ1) is 15.7. The minimum absolute atomic E-state index is 0.194. The van der Waals surface area contributed by atoms with E-state index < -0.39 is 10.0 Å². The Hall–Kier alpha value is -1.73. The third kappa shape index (κ3) is 3.48. The molecule has 2 rings (SSSR count). The normalized spacial score (nSPS) is 11.2. The van der Waals surface area contributed by atoms with Crippen LogP contribution in [0, 0.1) is 6.92 Å². The molecule has 21 heavy (non-hydrogen) atoms. The van der Waals surface area contributed by atoms with Crippen molar-refractivity contribution in [3.05, 3.63) is 46.4 Å². The zero-order chi connectivity index (χ0) is 15.6. The number of ether oxygens (including phenoxy) is 1. The average Bonchev–Trinajstić information content (AvgIpc) is 2.43. The number of rotatable bonds is 4. The van der Waals surface area contributed by atoms with Crippen LogP contribution in [0.15, 0.2) is 45.8 Å². The number of nitrogens with one attached hydrogen (secondary N) is 1. The third-order valence-corrected chi connectivity index (χ3v) is 5.19.